The largest absolute Gasteiger partial charge is 0.493 e. The molecule has 0 unspecified atom stereocenters. The van der Waals surface area contributed by atoms with Crippen molar-refractivity contribution in [2.24, 2.45) is 0 Å². The lowest BCUT2D eigenvalue weighted by Crippen LogP contribution is -2.20. The number of ether oxygens (including phenoxy) is 2. The molecule has 0 radical (unpaired) electrons. The highest BCUT2D eigenvalue weighted by Gasteiger charge is 2.21. The monoisotopic (exact) mass is 212 g/mol. The lowest BCUT2D eigenvalue weighted by molar-refractivity contribution is -0.121. The quantitative estimate of drug-likeness (QED) is 0.713. The minimum atomic E-state index is 0.0572. The molecule has 4 heteroatoms. The Morgan fingerprint density at radius 3 is 3.00 bits per heavy atom. The van der Waals surface area contributed by atoms with E-state index in [2.05, 4.69) is 0 Å². The third-order valence-electron chi connectivity index (χ3n) is 2.08. The second-order valence-electron chi connectivity index (χ2n) is 3.10. The third kappa shape index (κ3) is 1.55. The Hall–Kier alpha value is -1.22. The lowest BCUT2D eigenvalue weighted by Gasteiger charge is -2.19. The van der Waals surface area contributed by atoms with Crippen molar-refractivity contribution in [3.8, 4) is 11.5 Å². The van der Waals surface area contributed by atoms with Gasteiger partial charge in [0.25, 0.3) is 0 Å². The van der Waals surface area contributed by atoms with Gasteiger partial charge in [0, 0.05) is 23.1 Å². The number of carbonyl (C=O) groups excluding carboxylic acids is 1. The van der Waals surface area contributed by atoms with Gasteiger partial charge in [0.15, 0.2) is 17.3 Å². The Morgan fingerprint density at radius 2 is 2.29 bits per heavy atom. The standard InChI is InChI=1S/C10H9ClO3/c1-13-9-4-7(11)2-6-3-8(12)5-14-10(6)9/h2,4H,3,5H2,1H3. The summed E-state index contributed by atoms with van der Waals surface area (Å²) in [7, 11) is 1.55. The number of hydrogen-bond acceptors (Lipinski definition) is 3. The molecule has 0 aromatic heterocycles. The summed E-state index contributed by atoms with van der Waals surface area (Å²) in [5.41, 5.74) is 0.797. The molecule has 14 heavy (non-hydrogen) atoms. The summed E-state index contributed by atoms with van der Waals surface area (Å²) in [5.74, 6) is 1.28. The molecule has 1 aliphatic heterocycles. The third-order valence-corrected chi connectivity index (χ3v) is 2.30. The first-order valence-corrected chi connectivity index (χ1v) is 4.59. The first-order valence-electron chi connectivity index (χ1n) is 4.21. The number of halogens is 1. The van der Waals surface area contributed by atoms with Gasteiger partial charge >= 0.3 is 0 Å². The first kappa shape index (κ1) is 9.34. The van der Waals surface area contributed by atoms with Gasteiger partial charge in [0.2, 0.25) is 0 Å². The number of ketones is 1. The molecule has 0 fully saturated rings. The minimum Gasteiger partial charge on any atom is -0.493 e. The van der Waals surface area contributed by atoms with E-state index >= 15 is 0 Å². The highest BCUT2D eigenvalue weighted by molar-refractivity contribution is 6.30. The van der Waals surface area contributed by atoms with Crippen molar-refractivity contribution in [1.82, 2.24) is 0 Å². The van der Waals surface area contributed by atoms with Crippen LogP contribution in [-0.2, 0) is 11.2 Å². The Bertz CT molecular complexity index is 387. The molecule has 0 saturated heterocycles. The van der Waals surface area contributed by atoms with E-state index in [-0.39, 0.29) is 12.4 Å². The predicted molar refractivity (Wildman–Crippen MR) is 52.2 cm³/mol. The summed E-state index contributed by atoms with van der Waals surface area (Å²) in [6.07, 6.45) is 0.367. The number of rotatable bonds is 1. The fourth-order valence-electron chi connectivity index (χ4n) is 1.49. The molecular weight excluding hydrogens is 204 g/mol. The number of benzene rings is 1. The molecular formula is C10H9ClO3. The van der Waals surface area contributed by atoms with Crippen molar-refractivity contribution in [3.63, 3.8) is 0 Å². The van der Waals surface area contributed by atoms with Gasteiger partial charge in [0.05, 0.1) is 7.11 Å². The zero-order chi connectivity index (χ0) is 10.1. The minimum absolute atomic E-state index is 0.0572. The van der Waals surface area contributed by atoms with E-state index in [1.54, 1.807) is 19.2 Å². The fraction of sp³-hybridized carbons (Fsp3) is 0.300. The van der Waals surface area contributed by atoms with Crippen LogP contribution in [0.1, 0.15) is 5.56 Å². The van der Waals surface area contributed by atoms with Gasteiger partial charge in [-0.15, -0.1) is 0 Å². The second-order valence-corrected chi connectivity index (χ2v) is 3.54. The fourth-order valence-corrected chi connectivity index (χ4v) is 1.72. The molecule has 1 aliphatic rings. The van der Waals surface area contributed by atoms with Gasteiger partial charge in [-0.1, -0.05) is 11.6 Å². The van der Waals surface area contributed by atoms with Crippen LogP contribution in [0.3, 0.4) is 0 Å². The first-order chi connectivity index (χ1) is 6.70. The van der Waals surface area contributed by atoms with E-state index in [1.165, 1.54) is 0 Å². The molecule has 1 aromatic rings. The summed E-state index contributed by atoms with van der Waals surface area (Å²) < 4.78 is 10.4. The Kier molecular flexibility index (Phi) is 2.33. The van der Waals surface area contributed by atoms with Crippen LogP contribution >= 0.6 is 11.6 Å². The lowest BCUT2D eigenvalue weighted by atomic mass is 10.1. The van der Waals surface area contributed by atoms with Crippen molar-refractivity contribution >= 4 is 17.4 Å². The molecule has 2 rings (SSSR count). The van der Waals surface area contributed by atoms with Gasteiger partial charge in [-0.25, -0.2) is 0 Å². The molecule has 0 amide bonds. The summed E-state index contributed by atoms with van der Waals surface area (Å²) in [4.78, 5) is 11.1. The number of methoxy groups -OCH3 is 1. The van der Waals surface area contributed by atoms with Crippen LogP contribution in [0.2, 0.25) is 5.02 Å². The molecule has 74 valence electrons. The van der Waals surface area contributed by atoms with Crippen LogP contribution in [0.5, 0.6) is 11.5 Å². The van der Waals surface area contributed by atoms with E-state index in [0.717, 1.165) is 5.56 Å². The van der Waals surface area contributed by atoms with Gasteiger partial charge in [0.1, 0.15) is 6.61 Å². The van der Waals surface area contributed by atoms with Gasteiger partial charge in [-0.2, -0.15) is 0 Å². The number of fused-ring (bicyclic) bond motifs is 1. The van der Waals surface area contributed by atoms with Crippen molar-refractivity contribution in [3.05, 3.63) is 22.7 Å². The number of carbonyl (C=O) groups is 1. The van der Waals surface area contributed by atoms with Crippen molar-refractivity contribution in [1.29, 1.82) is 0 Å². The summed E-state index contributed by atoms with van der Waals surface area (Å²) in [6, 6.07) is 3.41. The average Bonchev–Trinajstić information content (AvgIpc) is 2.15. The Labute approximate surface area is 86.6 Å². The Morgan fingerprint density at radius 1 is 1.50 bits per heavy atom. The van der Waals surface area contributed by atoms with E-state index < -0.39 is 0 Å². The van der Waals surface area contributed by atoms with Crippen LogP contribution in [0.15, 0.2) is 12.1 Å². The zero-order valence-electron chi connectivity index (χ0n) is 7.67. The second kappa shape index (κ2) is 3.50. The Balaban J connectivity index is 2.51. The average molecular weight is 213 g/mol. The van der Waals surface area contributed by atoms with Crippen LogP contribution in [0.4, 0.5) is 0 Å². The summed E-state index contributed by atoms with van der Waals surface area (Å²) in [6.45, 7) is 0.116. The van der Waals surface area contributed by atoms with E-state index in [4.69, 9.17) is 21.1 Å². The van der Waals surface area contributed by atoms with Crippen molar-refractivity contribution in [2.75, 3.05) is 13.7 Å². The molecule has 0 atom stereocenters. The summed E-state index contributed by atoms with van der Waals surface area (Å²) >= 11 is 5.86. The van der Waals surface area contributed by atoms with Crippen LogP contribution < -0.4 is 9.47 Å². The maximum atomic E-state index is 11.1. The van der Waals surface area contributed by atoms with E-state index in [9.17, 15) is 4.79 Å². The number of hydrogen-bond donors (Lipinski definition) is 0. The van der Waals surface area contributed by atoms with Crippen LogP contribution in [0.25, 0.3) is 0 Å². The van der Waals surface area contributed by atoms with Crippen molar-refractivity contribution in [2.45, 2.75) is 6.42 Å². The van der Waals surface area contributed by atoms with Gasteiger partial charge < -0.3 is 9.47 Å². The molecule has 0 bridgehead atoms. The molecule has 0 spiro atoms. The topological polar surface area (TPSA) is 35.5 Å². The molecule has 0 saturated carbocycles. The molecule has 3 nitrogen and oxygen atoms in total. The molecule has 0 N–H and O–H groups in total. The SMILES string of the molecule is COc1cc(Cl)cc2c1OCC(=O)C2. The summed E-state index contributed by atoms with van der Waals surface area (Å²) in [5, 5.41) is 0.555. The van der Waals surface area contributed by atoms with E-state index in [0.29, 0.717) is 22.9 Å². The van der Waals surface area contributed by atoms with Crippen LogP contribution in [0, 0.1) is 0 Å². The van der Waals surface area contributed by atoms with Crippen molar-refractivity contribution < 1.29 is 14.3 Å². The smallest absolute Gasteiger partial charge is 0.174 e. The van der Waals surface area contributed by atoms with Gasteiger partial charge in [-0.05, 0) is 6.07 Å². The maximum absolute atomic E-state index is 11.1. The van der Waals surface area contributed by atoms with Crippen LogP contribution in [-0.4, -0.2) is 19.5 Å². The van der Waals surface area contributed by atoms with E-state index in [1.807, 2.05) is 0 Å². The number of Topliss-reactive ketones (excluding diaryl/α,β-unsaturated/α-hetero) is 1. The van der Waals surface area contributed by atoms with Gasteiger partial charge in [-0.3, -0.25) is 4.79 Å². The predicted octanol–water partition coefficient (Wildman–Crippen LogP) is 1.85. The molecule has 0 aliphatic carbocycles. The molecule has 1 heterocycles. The zero-order valence-corrected chi connectivity index (χ0v) is 8.43. The maximum Gasteiger partial charge on any atom is 0.174 e. The highest BCUT2D eigenvalue weighted by Crippen LogP contribution is 2.36. The highest BCUT2D eigenvalue weighted by atomic mass is 35.5. The molecule has 1 aromatic carbocycles. The normalized spacial score (nSPS) is 14.6.